The van der Waals surface area contributed by atoms with E-state index >= 15 is 0 Å². The first-order valence-electron chi connectivity index (χ1n) is 10.4. The molecule has 2 rings (SSSR count). The van der Waals surface area contributed by atoms with Crippen LogP contribution in [0.1, 0.15) is 0 Å². The van der Waals surface area contributed by atoms with Gasteiger partial charge in [0.05, 0.1) is 25.2 Å². The summed E-state index contributed by atoms with van der Waals surface area (Å²) in [6.07, 6.45) is -4.19. The monoisotopic (exact) mass is 454 g/mol. The van der Waals surface area contributed by atoms with Gasteiger partial charge in [0.25, 0.3) is 0 Å². The molecule has 32 heavy (non-hydrogen) atoms. The summed E-state index contributed by atoms with van der Waals surface area (Å²) in [7, 11) is 0.262. The average Bonchev–Trinajstić information content (AvgIpc) is 2.80. The lowest BCUT2D eigenvalue weighted by Gasteiger charge is -2.40. The highest BCUT2D eigenvalue weighted by atomic mass is 16.5. The maximum atomic E-state index is 10.2. The van der Waals surface area contributed by atoms with Crippen LogP contribution in [0.3, 0.4) is 0 Å². The number of ether oxygens (including phenoxy) is 2. The highest BCUT2D eigenvalue weighted by Crippen LogP contribution is 2.23. The van der Waals surface area contributed by atoms with Gasteiger partial charge in [-0.25, -0.2) is 0 Å². The van der Waals surface area contributed by atoms with Crippen LogP contribution in [0.15, 0.2) is 48.4 Å². The summed E-state index contributed by atoms with van der Waals surface area (Å²) in [5, 5.41) is 78.7. The summed E-state index contributed by atoms with van der Waals surface area (Å²) in [5.41, 5.74) is 1.23. The number of hydrogen-bond donors (Lipinski definition) is 8. The molecule has 0 aliphatic carbocycles. The molecule has 0 amide bonds. The quantitative estimate of drug-likeness (QED) is 0.125. The number of hydrogen-bond acceptors (Lipinski definition) is 10. The molecule has 0 saturated carbocycles. The van der Waals surface area contributed by atoms with Crippen LogP contribution in [-0.4, -0.2) is 129 Å². The first-order chi connectivity index (χ1) is 15.2. The number of aliphatic hydroxyl groups excluding tert-OH is 8. The largest absolute Gasteiger partial charge is 0.394 e. The third-order valence-corrected chi connectivity index (χ3v) is 5.89. The van der Waals surface area contributed by atoms with Crippen LogP contribution >= 0.6 is 0 Å². The van der Waals surface area contributed by atoms with E-state index in [0.717, 1.165) is 0 Å². The van der Waals surface area contributed by atoms with Crippen molar-refractivity contribution < 1.29 is 50.3 Å². The van der Waals surface area contributed by atoms with E-state index in [1.165, 1.54) is 12.2 Å². The minimum absolute atomic E-state index is 0.131. The van der Waals surface area contributed by atoms with Crippen LogP contribution in [0.4, 0.5) is 0 Å². The molecule has 0 radical (unpaired) electrons. The standard InChI is InChI=1S/C20H32B2O10/c1-3-9(21-19-17(29)15(27)13(25)11(7-23)31-19)5-6-10(4-2)22-20-18(30)16(28)14(26)12(8-24)32-20/h3-6,11-30H,1-2,7-8H2/b9-5+,10-6+/t11-,12-,13-,14-,15+,16+,17+,18+,19?,20?/m1/s1. The van der Waals surface area contributed by atoms with Crippen molar-refractivity contribution in [3.05, 3.63) is 48.4 Å². The summed E-state index contributed by atoms with van der Waals surface area (Å²) in [4.78, 5) is 0. The second-order valence-corrected chi connectivity index (χ2v) is 8.03. The highest BCUT2D eigenvalue weighted by Gasteiger charge is 2.44. The van der Waals surface area contributed by atoms with Gasteiger partial charge in [-0.3, -0.25) is 0 Å². The molecule has 2 saturated heterocycles. The molecule has 0 aromatic carbocycles. The molecule has 0 aromatic heterocycles. The molecule has 2 fully saturated rings. The predicted octanol–water partition coefficient (Wildman–Crippen LogP) is -4.40. The zero-order valence-electron chi connectivity index (χ0n) is 17.7. The molecular formula is C20H32B2O10. The van der Waals surface area contributed by atoms with Crippen LogP contribution in [-0.2, 0) is 9.47 Å². The van der Waals surface area contributed by atoms with Crippen molar-refractivity contribution in [1.82, 2.24) is 0 Å². The molecule has 0 aromatic rings. The van der Waals surface area contributed by atoms with Crippen molar-refractivity contribution in [2.45, 2.75) is 60.8 Å². The Bertz CT molecular complexity index is 640. The molecule has 8 N–H and O–H groups in total. The Labute approximate surface area is 187 Å². The van der Waals surface area contributed by atoms with Gasteiger partial charge in [0.2, 0.25) is 0 Å². The minimum atomic E-state index is -1.47. The third-order valence-electron chi connectivity index (χ3n) is 5.89. The van der Waals surface area contributed by atoms with Crippen molar-refractivity contribution in [2.75, 3.05) is 13.2 Å². The Kier molecular flexibility index (Phi) is 10.3. The molecule has 2 heterocycles. The molecule has 10 atom stereocenters. The van der Waals surface area contributed by atoms with Gasteiger partial charge in [-0.2, -0.15) is 0 Å². The Morgan fingerprint density at radius 1 is 0.625 bits per heavy atom. The average molecular weight is 454 g/mol. The molecule has 0 bridgehead atoms. The first-order valence-corrected chi connectivity index (χ1v) is 10.4. The molecule has 12 heteroatoms. The van der Waals surface area contributed by atoms with Gasteiger partial charge in [0.1, 0.15) is 48.8 Å². The van der Waals surface area contributed by atoms with Crippen LogP contribution in [0.5, 0.6) is 0 Å². The SMILES string of the molecule is C=C/C(BC1O[C@H](CO)[C@@H](O)[C@H](O)[C@@H]1O)=C\C=C(\BC1O[C@H](CO)[C@@H](O)[C@H](O)[C@@H]1O)C=C. The minimum Gasteiger partial charge on any atom is -0.394 e. The number of allylic oxidation sites excluding steroid dienone is 6. The van der Waals surface area contributed by atoms with E-state index < -0.39 is 74.1 Å². The van der Waals surface area contributed by atoms with E-state index in [0.29, 0.717) is 10.9 Å². The van der Waals surface area contributed by atoms with Crippen molar-refractivity contribution >= 4 is 14.6 Å². The fourth-order valence-electron chi connectivity index (χ4n) is 3.81. The number of aliphatic hydroxyl groups is 8. The predicted molar refractivity (Wildman–Crippen MR) is 118 cm³/mol. The van der Waals surface area contributed by atoms with Gasteiger partial charge in [-0.1, -0.05) is 48.4 Å². The molecule has 2 aliphatic heterocycles. The molecule has 2 aliphatic rings. The molecular weight excluding hydrogens is 422 g/mol. The van der Waals surface area contributed by atoms with Gasteiger partial charge in [0.15, 0.2) is 14.6 Å². The summed E-state index contributed by atoms with van der Waals surface area (Å²) in [6, 6.07) is -1.78. The molecule has 178 valence electrons. The summed E-state index contributed by atoms with van der Waals surface area (Å²) in [6.45, 7) is 6.40. The first kappa shape index (κ1) is 26.9. The Morgan fingerprint density at radius 2 is 0.969 bits per heavy atom. The summed E-state index contributed by atoms with van der Waals surface area (Å²) >= 11 is 0. The van der Waals surface area contributed by atoms with Crippen molar-refractivity contribution in [3.8, 4) is 0 Å². The van der Waals surface area contributed by atoms with Gasteiger partial charge in [-0.15, -0.1) is 0 Å². The van der Waals surface area contributed by atoms with E-state index in [1.807, 2.05) is 0 Å². The molecule has 10 nitrogen and oxygen atoms in total. The van der Waals surface area contributed by atoms with Crippen molar-refractivity contribution in [2.24, 2.45) is 0 Å². The van der Waals surface area contributed by atoms with Gasteiger partial charge < -0.3 is 50.3 Å². The third kappa shape index (κ3) is 6.17. The zero-order valence-corrected chi connectivity index (χ0v) is 17.7. The fourth-order valence-corrected chi connectivity index (χ4v) is 3.81. The molecule has 2 unspecified atom stereocenters. The normalized spacial score (nSPS) is 41.1. The summed E-state index contributed by atoms with van der Waals surface area (Å²) < 4.78 is 11.0. The van der Waals surface area contributed by atoms with Gasteiger partial charge >= 0.3 is 0 Å². The van der Waals surface area contributed by atoms with Crippen LogP contribution in [0, 0.1) is 0 Å². The smallest absolute Gasteiger partial charge is 0.196 e. The highest BCUT2D eigenvalue weighted by molar-refractivity contribution is 6.49. The Morgan fingerprint density at radius 3 is 1.25 bits per heavy atom. The topological polar surface area (TPSA) is 180 Å². The van der Waals surface area contributed by atoms with E-state index in [1.54, 1.807) is 12.2 Å². The van der Waals surface area contributed by atoms with E-state index in [9.17, 15) is 40.9 Å². The van der Waals surface area contributed by atoms with Crippen molar-refractivity contribution in [1.29, 1.82) is 0 Å². The second-order valence-electron chi connectivity index (χ2n) is 8.03. The van der Waals surface area contributed by atoms with E-state index in [2.05, 4.69) is 13.2 Å². The fraction of sp³-hybridized carbons (Fsp3) is 0.600. The van der Waals surface area contributed by atoms with Crippen LogP contribution in [0.2, 0.25) is 0 Å². The van der Waals surface area contributed by atoms with Gasteiger partial charge in [0, 0.05) is 0 Å². The van der Waals surface area contributed by atoms with Crippen LogP contribution in [0.25, 0.3) is 0 Å². The lowest BCUT2D eigenvalue weighted by Crippen LogP contribution is -2.60. The van der Waals surface area contributed by atoms with Crippen molar-refractivity contribution in [3.63, 3.8) is 0 Å². The summed E-state index contributed by atoms with van der Waals surface area (Å²) in [5.74, 6) is 0. The zero-order chi connectivity index (χ0) is 24.0. The van der Waals surface area contributed by atoms with E-state index in [-0.39, 0.29) is 14.6 Å². The maximum absolute atomic E-state index is 10.2. The Balaban J connectivity index is 2.11. The lowest BCUT2D eigenvalue weighted by molar-refractivity contribution is -0.208. The number of rotatable bonds is 9. The van der Waals surface area contributed by atoms with E-state index in [4.69, 9.17) is 9.47 Å². The maximum Gasteiger partial charge on any atom is 0.196 e. The Hall–Kier alpha value is -1.31. The van der Waals surface area contributed by atoms with Gasteiger partial charge in [-0.05, 0) is 0 Å². The second kappa shape index (κ2) is 12.2. The van der Waals surface area contributed by atoms with Crippen LogP contribution < -0.4 is 0 Å². The lowest BCUT2D eigenvalue weighted by atomic mass is 9.58. The molecule has 0 spiro atoms.